The maximum absolute atomic E-state index is 11.9. The van der Waals surface area contributed by atoms with E-state index in [1.54, 1.807) is 7.11 Å². The molecule has 6 nitrogen and oxygen atoms in total. The van der Waals surface area contributed by atoms with Crippen LogP contribution in [0, 0.1) is 12.8 Å². The number of fused-ring (bicyclic) bond motifs is 1. The molecule has 1 aliphatic heterocycles. The second-order valence-corrected chi connectivity index (χ2v) is 6.03. The number of hydrogen-bond donors (Lipinski definition) is 1. The molecular weight excluding hydrogens is 328 g/mol. The van der Waals surface area contributed by atoms with Crippen LogP contribution in [0.2, 0.25) is 0 Å². The standard InChI is InChI=1S/C11H14N4O2.C7H8.C2H6/c1-17-6-8-4-10(16)15-11(13-8)12-5-9(14-15)7-2-3-7;1-7-5-3-2-4-6-7;1-2/h4,7H,2-3,5-6H2,1H3,(H,12,13);2-6H,1H3;1-2H3. The zero-order chi connectivity index (χ0) is 18.9. The van der Waals surface area contributed by atoms with Crippen LogP contribution in [0.1, 0.15) is 37.9 Å². The van der Waals surface area contributed by atoms with Crippen LogP contribution < -0.4 is 10.9 Å². The Balaban J connectivity index is 0.000000227. The lowest BCUT2D eigenvalue weighted by Gasteiger charge is -2.17. The van der Waals surface area contributed by atoms with Crippen molar-refractivity contribution in [1.29, 1.82) is 0 Å². The van der Waals surface area contributed by atoms with E-state index in [2.05, 4.69) is 34.5 Å². The molecule has 6 heteroatoms. The molecule has 0 unspecified atom stereocenters. The first-order valence-corrected chi connectivity index (χ1v) is 9.12. The van der Waals surface area contributed by atoms with Gasteiger partial charge in [0.05, 0.1) is 24.6 Å². The second-order valence-electron chi connectivity index (χ2n) is 6.03. The van der Waals surface area contributed by atoms with Gasteiger partial charge in [0, 0.05) is 19.1 Å². The van der Waals surface area contributed by atoms with Crippen LogP contribution in [0.5, 0.6) is 0 Å². The monoisotopic (exact) mass is 356 g/mol. The summed E-state index contributed by atoms with van der Waals surface area (Å²) in [7, 11) is 1.58. The first-order chi connectivity index (χ1) is 12.7. The van der Waals surface area contributed by atoms with E-state index in [1.807, 2.05) is 32.0 Å². The average Bonchev–Trinajstić information content (AvgIpc) is 3.50. The van der Waals surface area contributed by atoms with Crippen molar-refractivity contribution in [1.82, 2.24) is 9.66 Å². The third kappa shape index (κ3) is 5.52. The number of ether oxygens (including phenoxy) is 1. The summed E-state index contributed by atoms with van der Waals surface area (Å²) in [6.07, 6.45) is 2.36. The van der Waals surface area contributed by atoms with Crippen LogP contribution >= 0.6 is 0 Å². The number of nitrogens with zero attached hydrogens (tertiary/aromatic N) is 3. The van der Waals surface area contributed by atoms with Crippen LogP contribution in [-0.4, -0.2) is 29.0 Å². The predicted molar refractivity (Wildman–Crippen MR) is 106 cm³/mol. The van der Waals surface area contributed by atoms with Gasteiger partial charge in [0.15, 0.2) is 0 Å². The third-order valence-corrected chi connectivity index (χ3v) is 3.89. The Morgan fingerprint density at radius 2 is 1.92 bits per heavy atom. The maximum Gasteiger partial charge on any atom is 0.275 e. The molecule has 1 fully saturated rings. The van der Waals surface area contributed by atoms with Crippen molar-refractivity contribution < 1.29 is 4.74 Å². The van der Waals surface area contributed by atoms with Gasteiger partial charge < -0.3 is 10.1 Å². The van der Waals surface area contributed by atoms with Crippen molar-refractivity contribution in [3.8, 4) is 0 Å². The van der Waals surface area contributed by atoms with Crippen molar-refractivity contribution >= 4 is 11.7 Å². The van der Waals surface area contributed by atoms with Gasteiger partial charge in [-0.05, 0) is 19.8 Å². The number of methoxy groups -OCH3 is 1. The van der Waals surface area contributed by atoms with Gasteiger partial charge in [0.1, 0.15) is 0 Å². The number of hydrogen-bond acceptors (Lipinski definition) is 5. The molecule has 2 aromatic rings. The molecule has 0 bridgehead atoms. The number of aryl methyl sites for hydroxylation is 1. The number of nitrogens with one attached hydrogen (secondary N) is 1. The van der Waals surface area contributed by atoms with Gasteiger partial charge >= 0.3 is 0 Å². The summed E-state index contributed by atoms with van der Waals surface area (Å²) in [6.45, 7) is 7.11. The summed E-state index contributed by atoms with van der Waals surface area (Å²) in [4.78, 5) is 16.2. The largest absolute Gasteiger partial charge is 0.378 e. The van der Waals surface area contributed by atoms with Crippen molar-refractivity contribution in [2.75, 3.05) is 19.0 Å². The highest BCUT2D eigenvalue weighted by molar-refractivity contribution is 5.92. The molecule has 2 aliphatic rings. The molecule has 1 aromatic heterocycles. The highest BCUT2D eigenvalue weighted by Crippen LogP contribution is 2.31. The summed E-state index contributed by atoms with van der Waals surface area (Å²) in [5.74, 6) is 1.06. The van der Waals surface area contributed by atoms with Crippen molar-refractivity contribution in [3.05, 3.63) is 58.0 Å². The molecule has 1 N–H and O–H groups in total. The topological polar surface area (TPSA) is 68.5 Å². The van der Waals surface area contributed by atoms with E-state index in [1.165, 1.54) is 29.1 Å². The van der Waals surface area contributed by atoms with Crippen LogP contribution in [-0.2, 0) is 11.3 Å². The van der Waals surface area contributed by atoms with Gasteiger partial charge in [-0.3, -0.25) is 4.79 Å². The highest BCUT2D eigenvalue weighted by atomic mass is 16.5. The molecule has 0 saturated heterocycles. The van der Waals surface area contributed by atoms with Crippen LogP contribution in [0.3, 0.4) is 0 Å². The smallest absolute Gasteiger partial charge is 0.275 e. The Kier molecular flexibility index (Phi) is 7.53. The predicted octanol–water partition coefficient (Wildman–Crippen LogP) is 3.45. The normalized spacial score (nSPS) is 14.5. The lowest BCUT2D eigenvalue weighted by molar-refractivity contribution is 0.181. The molecule has 0 spiro atoms. The van der Waals surface area contributed by atoms with Crippen molar-refractivity contribution in [3.63, 3.8) is 0 Å². The van der Waals surface area contributed by atoms with Gasteiger partial charge in [-0.2, -0.15) is 9.78 Å². The minimum absolute atomic E-state index is 0.160. The third-order valence-electron chi connectivity index (χ3n) is 3.89. The minimum Gasteiger partial charge on any atom is -0.378 e. The van der Waals surface area contributed by atoms with Crippen LogP contribution in [0.4, 0.5) is 5.95 Å². The molecular formula is C20H28N4O2. The first-order valence-electron chi connectivity index (χ1n) is 9.12. The summed E-state index contributed by atoms with van der Waals surface area (Å²) < 4.78 is 6.31. The number of anilines is 1. The molecule has 4 rings (SSSR count). The Morgan fingerprint density at radius 3 is 2.46 bits per heavy atom. The van der Waals surface area contributed by atoms with E-state index in [9.17, 15) is 4.79 Å². The van der Waals surface area contributed by atoms with Gasteiger partial charge in [0.25, 0.3) is 5.56 Å². The quantitative estimate of drug-likeness (QED) is 0.914. The number of benzene rings is 1. The van der Waals surface area contributed by atoms with E-state index in [4.69, 9.17) is 4.74 Å². The Hall–Kier alpha value is -2.47. The number of aromatic nitrogens is 2. The average molecular weight is 356 g/mol. The Morgan fingerprint density at radius 1 is 1.23 bits per heavy atom. The summed E-state index contributed by atoms with van der Waals surface area (Å²) in [5, 5.41) is 7.50. The van der Waals surface area contributed by atoms with E-state index in [0.717, 1.165) is 5.71 Å². The van der Waals surface area contributed by atoms with Gasteiger partial charge in [-0.25, -0.2) is 4.98 Å². The first kappa shape index (κ1) is 19.8. The van der Waals surface area contributed by atoms with Gasteiger partial charge in [-0.1, -0.05) is 49.7 Å². The van der Waals surface area contributed by atoms with Crippen LogP contribution in [0.15, 0.2) is 46.3 Å². The number of rotatable bonds is 3. The Labute approximate surface area is 154 Å². The Bertz CT molecular complexity index is 780. The lowest BCUT2D eigenvalue weighted by Crippen LogP contribution is -2.32. The zero-order valence-corrected chi connectivity index (χ0v) is 16.0. The molecule has 1 aliphatic carbocycles. The molecule has 0 radical (unpaired) electrons. The van der Waals surface area contributed by atoms with Crippen LogP contribution in [0.25, 0.3) is 0 Å². The molecule has 2 heterocycles. The molecule has 1 saturated carbocycles. The SMILES string of the molecule is CC.COCc1cc(=O)n2c(n1)NCC(C1CC1)=N2.Cc1ccccc1. The molecule has 0 amide bonds. The molecule has 0 atom stereocenters. The summed E-state index contributed by atoms with van der Waals surface area (Å²) >= 11 is 0. The minimum atomic E-state index is -0.160. The van der Waals surface area contributed by atoms with Crippen molar-refractivity contribution in [2.24, 2.45) is 11.0 Å². The highest BCUT2D eigenvalue weighted by Gasteiger charge is 2.30. The second kappa shape index (κ2) is 9.87. The van der Waals surface area contributed by atoms with E-state index >= 15 is 0 Å². The van der Waals surface area contributed by atoms with Gasteiger partial charge in [0.2, 0.25) is 5.95 Å². The summed E-state index contributed by atoms with van der Waals surface area (Å²) in [5.41, 5.74) is 2.84. The van der Waals surface area contributed by atoms with Crippen molar-refractivity contribution in [2.45, 2.75) is 40.2 Å². The fraction of sp³-hybridized carbons (Fsp3) is 0.450. The lowest BCUT2D eigenvalue weighted by atomic mass is 10.2. The zero-order valence-electron chi connectivity index (χ0n) is 16.0. The van der Waals surface area contributed by atoms with E-state index < -0.39 is 0 Å². The molecule has 1 aromatic carbocycles. The van der Waals surface area contributed by atoms with E-state index in [0.29, 0.717) is 30.7 Å². The van der Waals surface area contributed by atoms with E-state index in [-0.39, 0.29) is 5.56 Å². The molecule has 26 heavy (non-hydrogen) atoms. The maximum atomic E-state index is 11.9. The fourth-order valence-corrected chi connectivity index (χ4v) is 2.47. The fourth-order valence-electron chi connectivity index (χ4n) is 2.47. The molecule has 140 valence electrons. The van der Waals surface area contributed by atoms with Gasteiger partial charge in [-0.15, -0.1) is 0 Å². The summed E-state index contributed by atoms with van der Waals surface area (Å²) in [6, 6.07) is 11.7.